The van der Waals surface area contributed by atoms with E-state index in [2.05, 4.69) is 0 Å². The predicted octanol–water partition coefficient (Wildman–Crippen LogP) is 2.52. The van der Waals surface area contributed by atoms with Gasteiger partial charge in [0.05, 0.1) is 17.1 Å². The first kappa shape index (κ1) is 14.8. The van der Waals surface area contributed by atoms with Gasteiger partial charge in [0.25, 0.3) is 0 Å². The third-order valence-electron chi connectivity index (χ3n) is 3.70. The molecule has 1 aliphatic rings. The molecule has 0 aliphatic carbocycles. The number of hydrogen-bond donors (Lipinski definition) is 1. The fourth-order valence-electron chi connectivity index (χ4n) is 2.59. The first-order valence-corrected chi connectivity index (χ1v) is 8.64. The molecular weight excluding hydrogens is 284 g/mol. The Morgan fingerprint density at radius 3 is 2.79 bits per heavy atom. The Morgan fingerprint density at radius 2 is 2.16 bits per heavy atom. The van der Waals surface area contributed by atoms with Gasteiger partial charge in [0.15, 0.2) is 9.84 Å². The van der Waals surface area contributed by atoms with Gasteiger partial charge >= 0.3 is 0 Å². The third kappa shape index (κ3) is 3.50. The highest BCUT2D eigenvalue weighted by Gasteiger charge is 2.34. The highest BCUT2D eigenvalue weighted by Crippen LogP contribution is 2.26. The van der Waals surface area contributed by atoms with E-state index in [0.29, 0.717) is 24.3 Å². The second-order valence-corrected chi connectivity index (χ2v) is 8.01. The maximum absolute atomic E-state index is 12.0. The fourth-order valence-corrected chi connectivity index (χ4v) is 4.91. The van der Waals surface area contributed by atoms with Crippen LogP contribution in [0.25, 0.3) is 0 Å². The number of aliphatic hydroxyl groups excluding tert-OH is 1. The zero-order valence-corrected chi connectivity index (χ0v) is 12.5. The molecule has 2 atom stereocenters. The van der Waals surface area contributed by atoms with Crippen LogP contribution in [0.3, 0.4) is 0 Å². The predicted molar refractivity (Wildman–Crippen MR) is 77.3 cm³/mol. The Bertz CT molecular complexity index is 554. The van der Waals surface area contributed by atoms with Crippen molar-refractivity contribution in [3.8, 4) is 0 Å². The fraction of sp³-hybridized carbons (Fsp3) is 0.571. The van der Waals surface area contributed by atoms with Crippen LogP contribution < -0.4 is 0 Å². The summed E-state index contributed by atoms with van der Waals surface area (Å²) in [5.74, 6) is 0.191. The number of rotatable bonds is 3. The summed E-state index contributed by atoms with van der Waals surface area (Å²) in [6.07, 6.45) is 1.54. The number of aliphatic hydroxyl groups is 1. The maximum Gasteiger partial charge on any atom is 0.155 e. The minimum atomic E-state index is -3.16. The topological polar surface area (TPSA) is 54.4 Å². The molecule has 106 valence electrons. The van der Waals surface area contributed by atoms with Crippen molar-refractivity contribution in [2.24, 2.45) is 0 Å². The lowest BCUT2D eigenvalue weighted by molar-refractivity contribution is 0.162. The van der Waals surface area contributed by atoms with Gasteiger partial charge in [-0.05, 0) is 37.0 Å². The van der Waals surface area contributed by atoms with E-state index in [1.165, 1.54) is 0 Å². The molecule has 1 saturated heterocycles. The number of halogens is 1. The quantitative estimate of drug-likeness (QED) is 0.933. The summed E-state index contributed by atoms with van der Waals surface area (Å²) in [6.45, 7) is 1.94. The third-order valence-corrected chi connectivity index (χ3v) is 6.38. The lowest BCUT2D eigenvalue weighted by atomic mass is 10.0. The van der Waals surface area contributed by atoms with E-state index in [-0.39, 0.29) is 5.75 Å². The van der Waals surface area contributed by atoms with Gasteiger partial charge in [0, 0.05) is 11.4 Å². The molecule has 0 radical (unpaired) electrons. The number of sulfone groups is 1. The largest absolute Gasteiger partial charge is 0.391 e. The normalized spacial score (nSPS) is 24.1. The molecule has 1 aromatic rings. The van der Waals surface area contributed by atoms with E-state index >= 15 is 0 Å². The van der Waals surface area contributed by atoms with Gasteiger partial charge in [-0.2, -0.15) is 0 Å². The Morgan fingerprint density at radius 1 is 1.42 bits per heavy atom. The van der Waals surface area contributed by atoms with Crippen LogP contribution in [-0.2, 0) is 16.3 Å². The molecule has 2 rings (SSSR count). The Balaban J connectivity index is 2.14. The van der Waals surface area contributed by atoms with Crippen molar-refractivity contribution in [2.45, 2.75) is 44.0 Å². The zero-order valence-electron chi connectivity index (χ0n) is 11.0. The van der Waals surface area contributed by atoms with E-state index in [0.717, 1.165) is 17.5 Å². The molecule has 1 heterocycles. The Kier molecular flexibility index (Phi) is 4.54. The molecule has 3 nitrogen and oxygen atoms in total. The molecule has 1 aromatic carbocycles. The van der Waals surface area contributed by atoms with Crippen molar-refractivity contribution in [3.63, 3.8) is 0 Å². The van der Waals surface area contributed by atoms with Crippen molar-refractivity contribution < 1.29 is 13.5 Å². The molecule has 0 spiro atoms. The SMILES string of the molecule is Cc1ccc(CC(O)C2CCCCS2(=O)=O)c(Cl)c1. The average Bonchev–Trinajstić information content (AvgIpc) is 2.32. The molecule has 1 N–H and O–H groups in total. The van der Waals surface area contributed by atoms with E-state index in [1.54, 1.807) is 0 Å². The van der Waals surface area contributed by atoms with Crippen molar-refractivity contribution >= 4 is 21.4 Å². The summed E-state index contributed by atoms with van der Waals surface area (Å²) in [4.78, 5) is 0. The second kappa shape index (κ2) is 5.81. The van der Waals surface area contributed by atoms with Crippen LogP contribution in [-0.4, -0.2) is 30.6 Å². The van der Waals surface area contributed by atoms with E-state index < -0.39 is 21.2 Å². The van der Waals surface area contributed by atoms with Crippen LogP contribution in [0.4, 0.5) is 0 Å². The molecular formula is C14H19ClO3S. The van der Waals surface area contributed by atoms with Crippen LogP contribution in [0, 0.1) is 6.92 Å². The summed E-state index contributed by atoms with van der Waals surface area (Å²) < 4.78 is 23.9. The Labute approximate surface area is 119 Å². The van der Waals surface area contributed by atoms with Crippen molar-refractivity contribution in [3.05, 3.63) is 34.3 Å². The van der Waals surface area contributed by atoms with Gasteiger partial charge in [-0.15, -0.1) is 0 Å². The van der Waals surface area contributed by atoms with E-state index in [4.69, 9.17) is 11.6 Å². The summed E-state index contributed by atoms with van der Waals surface area (Å²) in [6, 6.07) is 5.61. The molecule has 0 amide bonds. The van der Waals surface area contributed by atoms with Gasteiger partial charge < -0.3 is 5.11 Å². The highest BCUT2D eigenvalue weighted by molar-refractivity contribution is 7.92. The van der Waals surface area contributed by atoms with Gasteiger partial charge in [-0.1, -0.05) is 30.2 Å². The molecule has 1 aliphatic heterocycles. The molecule has 0 saturated carbocycles. The molecule has 0 aromatic heterocycles. The van der Waals surface area contributed by atoms with Crippen LogP contribution >= 0.6 is 11.6 Å². The second-order valence-electron chi connectivity index (χ2n) is 5.27. The molecule has 19 heavy (non-hydrogen) atoms. The number of aryl methyl sites for hydroxylation is 1. The van der Waals surface area contributed by atoms with Crippen molar-refractivity contribution in [1.82, 2.24) is 0 Å². The number of benzene rings is 1. The molecule has 1 fully saturated rings. The Hall–Kier alpha value is -0.580. The zero-order chi connectivity index (χ0) is 14.0. The van der Waals surface area contributed by atoms with Crippen molar-refractivity contribution in [2.75, 3.05) is 5.75 Å². The van der Waals surface area contributed by atoms with E-state index in [1.807, 2.05) is 25.1 Å². The summed E-state index contributed by atoms with van der Waals surface area (Å²) in [5, 5.41) is 10.2. The maximum atomic E-state index is 12.0. The first-order chi connectivity index (χ1) is 8.90. The van der Waals surface area contributed by atoms with Crippen LogP contribution in [0.2, 0.25) is 5.02 Å². The summed E-state index contributed by atoms with van der Waals surface area (Å²) >= 11 is 6.12. The molecule has 2 unspecified atom stereocenters. The van der Waals surface area contributed by atoms with Crippen molar-refractivity contribution in [1.29, 1.82) is 0 Å². The van der Waals surface area contributed by atoms with Gasteiger partial charge in [0.1, 0.15) is 0 Å². The smallest absolute Gasteiger partial charge is 0.155 e. The van der Waals surface area contributed by atoms with E-state index in [9.17, 15) is 13.5 Å². The average molecular weight is 303 g/mol. The van der Waals surface area contributed by atoms with Crippen LogP contribution in [0.15, 0.2) is 18.2 Å². The van der Waals surface area contributed by atoms with Gasteiger partial charge in [0.2, 0.25) is 0 Å². The minimum Gasteiger partial charge on any atom is -0.391 e. The van der Waals surface area contributed by atoms with Gasteiger partial charge in [-0.3, -0.25) is 0 Å². The van der Waals surface area contributed by atoms with Gasteiger partial charge in [-0.25, -0.2) is 8.42 Å². The standard InChI is InChI=1S/C14H19ClO3S/c1-10-5-6-11(12(15)8-10)9-13(16)14-4-2-3-7-19(14,17)18/h5-6,8,13-14,16H,2-4,7,9H2,1H3. The number of hydrogen-bond acceptors (Lipinski definition) is 3. The molecule has 0 bridgehead atoms. The monoisotopic (exact) mass is 302 g/mol. The lowest BCUT2D eigenvalue weighted by Gasteiger charge is -2.27. The minimum absolute atomic E-state index is 0.191. The lowest BCUT2D eigenvalue weighted by Crippen LogP contribution is -2.39. The highest BCUT2D eigenvalue weighted by atomic mass is 35.5. The summed E-state index contributed by atoms with van der Waals surface area (Å²) in [5.41, 5.74) is 1.86. The molecule has 5 heteroatoms. The van der Waals surface area contributed by atoms with Crippen LogP contribution in [0.5, 0.6) is 0 Å². The van der Waals surface area contributed by atoms with Crippen LogP contribution in [0.1, 0.15) is 30.4 Å². The first-order valence-electron chi connectivity index (χ1n) is 6.55. The summed E-state index contributed by atoms with van der Waals surface area (Å²) in [7, 11) is -3.16.